The molecule has 0 spiro atoms. The molecule has 112 valence electrons. The molecule has 20 heavy (non-hydrogen) atoms. The number of rotatable bonds is 5. The van der Waals surface area contributed by atoms with Crippen LogP contribution >= 0.6 is 0 Å². The largest absolute Gasteiger partial charge is 0.378 e. The van der Waals surface area contributed by atoms with Crippen LogP contribution in [0.1, 0.15) is 51.0 Å². The minimum Gasteiger partial charge on any atom is -0.378 e. The highest BCUT2D eigenvalue weighted by atomic mass is 16.5. The van der Waals surface area contributed by atoms with Crippen molar-refractivity contribution in [3.63, 3.8) is 0 Å². The Morgan fingerprint density at radius 3 is 2.75 bits per heavy atom. The Morgan fingerprint density at radius 1 is 1.45 bits per heavy atom. The third-order valence-electron chi connectivity index (χ3n) is 4.02. The summed E-state index contributed by atoms with van der Waals surface area (Å²) in [4.78, 5) is 19.3. The van der Waals surface area contributed by atoms with Crippen LogP contribution in [0.4, 0.5) is 0 Å². The summed E-state index contributed by atoms with van der Waals surface area (Å²) < 4.78 is 11.1. The highest BCUT2D eigenvalue weighted by Crippen LogP contribution is 2.40. The number of aromatic nitrogens is 2. The average molecular weight is 280 g/mol. The lowest BCUT2D eigenvalue weighted by Crippen LogP contribution is -2.38. The molecule has 0 amide bonds. The first-order chi connectivity index (χ1) is 9.59. The highest BCUT2D eigenvalue weighted by molar-refractivity contribution is 5.10. The standard InChI is InChI=1S/C15H24N2O3/c1-4-20-15(7-5-11(2)6-8-15)14-16-12(10-19-3)9-13(18)17-14/h9,11H,4-8,10H2,1-3H3,(H,16,17,18). The molecule has 0 atom stereocenters. The number of methoxy groups -OCH3 is 1. The van der Waals surface area contributed by atoms with Gasteiger partial charge in [0.15, 0.2) is 0 Å². The fourth-order valence-electron chi connectivity index (χ4n) is 2.90. The highest BCUT2D eigenvalue weighted by Gasteiger charge is 2.39. The SMILES string of the molecule is CCOC1(c2nc(COC)cc(=O)[nH]2)CCC(C)CC1. The quantitative estimate of drug-likeness (QED) is 0.899. The zero-order valence-corrected chi connectivity index (χ0v) is 12.6. The molecule has 0 unspecified atom stereocenters. The second-order valence-corrected chi connectivity index (χ2v) is 5.63. The Hall–Kier alpha value is -1.20. The molecule has 1 aromatic rings. The Morgan fingerprint density at radius 2 is 2.15 bits per heavy atom. The molecule has 1 saturated carbocycles. The van der Waals surface area contributed by atoms with Crippen LogP contribution in [-0.4, -0.2) is 23.7 Å². The van der Waals surface area contributed by atoms with Crippen molar-refractivity contribution in [2.24, 2.45) is 5.92 Å². The summed E-state index contributed by atoms with van der Waals surface area (Å²) in [5.74, 6) is 1.36. The normalized spacial score (nSPS) is 26.6. The van der Waals surface area contributed by atoms with Gasteiger partial charge >= 0.3 is 0 Å². The van der Waals surface area contributed by atoms with Crippen LogP contribution in [0.25, 0.3) is 0 Å². The Balaban J connectivity index is 2.36. The predicted molar refractivity (Wildman–Crippen MR) is 76.5 cm³/mol. The van der Waals surface area contributed by atoms with Crippen molar-refractivity contribution in [2.45, 2.75) is 51.7 Å². The molecule has 0 saturated heterocycles. The van der Waals surface area contributed by atoms with Crippen molar-refractivity contribution in [2.75, 3.05) is 13.7 Å². The number of aromatic amines is 1. The summed E-state index contributed by atoms with van der Waals surface area (Å²) in [6.07, 6.45) is 4.00. The van der Waals surface area contributed by atoms with E-state index >= 15 is 0 Å². The van der Waals surface area contributed by atoms with Crippen LogP contribution in [0.3, 0.4) is 0 Å². The summed E-state index contributed by atoms with van der Waals surface area (Å²) in [6, 6.07) is 1.48. The van der Waals surface area contributed by atoms with Crippen molar-refractivity contribution >= 4 is 0 Å². The molecule has 5 nitrogen and oxygen atoms in total. The lowest BCUT2D eigenvalue weighted by atomic mass is 9.79. The molecule has 0 aromatic carbocycles. The molecule has 1 N–H and O–H groups in total. The topological polar surface area (TPSA) is 64.2 Å². The Kier molecular flexibility index (Phi) is 4.94. The van der Waals surface area contributed by atoms with Crippen molar-refractivity contribution in [3.05, 3.63) is 27.9 Å². The predicted octanol–water partition coefficient (Wildman–Crippen LogP) is 2.36. The molecule has 1 aliphatic rings. The average Bonchev–Trinajstić information content (AvgIpc) is 2.42. The molecule has 1 aromatic heterocycles. The van der Waals surface area contributed by atoms with E-state index in [1.807, 2.05) is 6.92 Å². The second-order valence-electron chi connectivity index (χ2n) is 5.63. The molecule has 1 fully saturated rings. The zero-order chi connectivity index (χ0) is 14.6. The summed E-state index contributed by atoms with van der Waals surface area (Å²) in [7, 11) is 1.60. The lowest BCUT2D eigenvalue weighted by molar-refractivity contribution is -0.0841. The Labute approximate surface area is 119 Å². The van der Waals surface area contributed by atoms with Crippen molar-refractivity contribution < 1.29 is 9.47 Å². The van der Waals surface area contributed by atoms with E-state index in [2.05, 4.69) is 16.9 Å². The first-order valence-electron chi connectivity index (χ1n) is 7.33. The van der Waals surface area contributed by atoms with Crippen LogP contribution in [0.5, 0.6) is 0 Å². The van der Waals surface area contributed by atoms with Gasteiger partial charge < -0.3 is 14.5 Å². The van der Waals surface area contributed by atoms with E-state index in [-0.39, 0.29) is 5.56 Å². The number of nitrogens with one attached hydrogen (secondary N) is 1. The van der Waals surface area contributed by atoms with Crippen LogP contribution in [0.2, 0.25) is 0 Å². The van der Waals surface area contributed by atoms with E-state index in [0.29, 0.717) is 30.7 Å². The van der Waals surface area contributed by atoms with Gasteiger partial charge in [-0.15, -0.1) is 0 Å². The molecule has 0 radical (unpaired) electrons. The zero-order valence-electron chi connectivity index (χ0n) is 12.6. The van der Waals surface area contributed by atoms with E-state index in [0.717, 1.165) is 25.7 Å². The summed E-state index contributed by atoms with van der Waals surface area (Å²) >= 11 is 0. The van der Waals surface area contributed by atoms with Crippen molar-refractivity contribution in [1.29, 1.82) is 0 Å². The van der Waals surface area contributed by atoms with Crippen molar-refractivity contribution in [3.8, 4) is 0 Å². The van der Waals surface area contributed by atoms with Gasteiger partial charge in [-0.25, -0.2) is 4.98 Å². The van der Waals surface area contributed by atoms with Crippen LogP contribution in [-0.2, 0) is 21.7 Å². The smallest absolute Gasteiger partial charge is 0.251 e. The molecular weight excluding hydrogens is 256 g/mol. The van der Waals surface area contributed by atoms with Crippen LogP contribution in [0.15, 0.2) is 10.9 Å². The van der Waals surface area contributed by atoms with Gasteiger partial charge in [-0.2, -0.15) is 0 Å². The summed E-state index contributed by atoms with van der Waals surface area (Å²) in [5, 5.41) is 0. The first-order valence-corrected chi connectivity index (χ1v) is 7.33. The summed E-state index contributed by atoms with van der Waals surface area (Å²) in [5.41, 5.74) is 0.0770. The maximum absolute atomic E-state index is 11.8. The molecule has 2 rings (SSSR count). The fourth-order valence-corrected chi connectivity index (χ4v) is 2.90. The minimum atomic E-state index is -0.440. The van der Waals surface area contributed by atoms with Crippen molar-refractivity contribution in [1.82, 2.24) is 9.97 Å². The van der Waals surface area contributed by atoms with Crippen LogP contribution < -0.4 is 5.56 Å². The van der Waals surface area contributed by atoms with E-state index in [1.54, 1.807) is 7.11 Å². The molecule has 1 aliphatic carbocycles. The summed E-state index contributed by atoms with van der Waals surface area (Å²) in [6.45, 7) is 5.20. The van der Waals surface area contributed by atoms with Gasteiger partial charge in [0.05, 0.1) is 12.3 Å². The second kappa shape index (κ2) is 6.50. The first kappa shape index (κ1) is 15.2. The van der Waals surface area contributed by atoms with Gasteiger partial charge in [0.2, 0.25) is 0 Å². The molecule has 0 bridgehead atoms. The molecular formula is C15H24N2O3. The van der Waals surface area contributed by atoms with Gasteiger partial charge in [-0.1, -0.05) is 6.92 Å². The molecule has 5 heteroatoms. The number of hydrogen-bond acceptors (Lipinski definition) is 4. The number of hydrogen-bond donors (Lipinski definition) is 1. The van der Waals surface area contributed by atoms with Gasteiger partial charge in [-0.3, -0.25) is 4.79 Å². The maximum atomic E-state index is 11.8. The molecule has 0 aliphatic heterocycles. The number of nitrogens with zero attached hydrogens (tertiary/aromatic N) is 1. The van der Waals surface area contributed by atoms with E-state index in [1.165, 1.54) is 6.07 Å². The third kappa shape index (κ3) is 3.27. The van der Waals surface area contributed by atoms with E-state index < -0.39 is 5.60 Å². The fraction of sp³-hybridized carbons (Fsp3) is 0.733. The lowest BCUT2D eigenvalue weighted by Gasteiger charge is -2.38. The number of H-pyrrole nitrogens is 1. The van der Waals surface area contributed by atoms with Gasteiger partial charge in [0, 0.05) is 19.8 Å². The molecule has 1 heterocycles. The van der Waals surface area contributed by atoms with Crippen LogP contribution in [0, 0.1) is 5.92 Å². The Bertz CT molecular complexity index is 490. The maximum Gasteiger partial charge on any atom is 0.251 e. The van der Waals surface area contributed by atoms with E-state index in [4.69, 9.17) is 9.47 Å². The van der Waals surface area contributed by atoms with E-state index in [9.17, 15) is 4.79 Å². The van der Waals surface area contributed by atoms with Gasteiger partial charge in [0.25, 0.3) is 5.56 Å². The van der Waals surface area contributed by atoms with Gasteiger partial charge in [-0.05, 0) is 38.5 Å². The minimum absolute atomic E-state index is 0.139. The number of ether oxygens (including phenoxy) is 2. The monoisotopic (exact) mass is 280 g/mol. The van der Waals surface area contributed by atoms with Gasteiger partial charge in [0.1, 0.15) is 11.4 Å². The third-order valence-corrected chi connectivity index (χ3v) is 4.02.